The van der Waals surface area contributed by atoms with Gasteiger partial charge in [0, 0.05) is 38.1 Å². The van der Waals surface area contributed by atoms with E-state index in [1.807, 2.05) is 36.4 Å². The maximum atomic E-state index is 8.84. The van der Waals surface area contributed by atoms with Gasteiger partial charge in [0.15, 0.2) is 0 Å². The van der Waals surface area contributed by atoms with Crippen molar-refractivity contribution in [2.75, 3.05) is 36.0 Å². The quantitative estimate of drug-likeness (QED) is 0.855. The SMILES string of the molecule is N#Cc1ccc(N2CCN(c3ncccc3Cl)CC2)cc1. The molecule has 0 bridgehead atoms. The largest absolute Gasteiger partial charge is 0.368 e. The van der Waals surface area contributed by atoms with Crippen molar-refractivity contribution in [3.63, 3.8) is 0 Å². The molecule has 3 rings (SSSR count). The van der Waals surface area contributed by atoms with Gasteiger partial charge in [-0.2, -0.15) is 5.26 Å². The van der Waals surface area contributed by atoms with Crippen LogP contribution < -0.4 is 9.80 Å². The molecular weight excluding hydrogens is 284 g/mol. The molecule has 1 saturated heterocycles. The number of piperazine rings is 1. The molecular formula is C16H15ClN4. The Labute approximate surface area is 129 Å². The van der Waals surface area contributed by atoms with E-state index in [1.54, 1.807) is 6.20 Å². The predicted molar refractivity (Wildman–Crippen MR) is 84.8 cm³/mol. The van der Waals surface area contributed by atoms with Crippen molar-refractivity contribution in [1.29, 1.82) is 5.26 Å². The molecule has 0 unspecified atom stereocenters. The molecule has 0 amide bonds. The van der Waals surface area contributed by atoms with E-state index in [0.717, 1.165) is 37.7 Å². The van der Waals surface area contributed by atoms with Crippen LogP contribution in [0.15, 0.2) is 42.6 Å². The second kappa shape index (κ2) is 6.02. The highest BCUT2D eigenvalue weighted by molar-refractivity contribution is 6.32. The maximum Gasteiger partial charge on any atom is 0.147 e. The van der Waals surface area contributed by atoms with Crippen LogP contribution in [0.1, 0.15) is 5.56 Å². The van der Waals surface area contributed by atoms with Crippen molar-refractivity contribution in [3.05, 3.63) is 53.2 Å². The zero-order chi connectivity index (χ0) is 14.7. The molecule has 1 aromatic heterocycles. The minimum atomic E-state index is 0.692. The fourth-order valence-electron chi connectivity index (χ4n) is 2.53. The number of halogens is 1. The number of hydrogen-bond acceptors (Lipinski definition) is 4. The number of pyridine rings is 1. The molecule has 1 aliphatic rings. The molecule has 0 atom stereocenters. The molecule has 0 saturated carbocycles. The lowest BCUT2D eigenvalue weighted by Gasteiger charge is -2.37. The van der Waals surface area contributed by atoms with Gasteiger partial charge < -0.3 is 9.80 Å². The fraction of sp³-hybridized carbons (Fsp3) is 0.250. The minimum absolute atomic E-state index is 0.692. The van der Waals surface area contributed by atoms with Crippen LogP contribution in [-0.4, -0.2) is 31.2 Å². The van der Waals surface area contributed by atoms with E-state index < -0.39 is 0 Å². The Balaban J connectivity index is 1.67. The van der Waals surface area contributed by atoms with Crippen LogP contribution in [0.4, 0.5) is 11.5 Å². The Kier molecular flexibility index (Phi) is 3.94. The summed E-state index contributed by atoms with van der Waals surface area (Å²) in [6.45, 7) is 3.60. The standard InChI is InChI=1S/C16H15ClN4/c17-15-2-1-7-19-16(15)21-10-8-20(9-11-21)14-5-3-13(12-18)4-6-14/h1-7H,8-11H2. The summed E-state index contributed by atoms with van der Waals surface area (Å²) >= 11 is 6.20. The van der Waals surface area contributed by atoms with Crippen molar-refractivity contribution in [2.24, 2.45) is 0 Å². The average Bonchev–Trinajstić information content (AvgIpc) is 2.56. The third-order valence-corrected chi connectivity index (χ3v) is 3.97. The van der Waals surface area contributed by atoms with Crippen LogP contribution in [0.25, 0.3) is 0 Å². The summed E-state index contributed by atoms with van der Waals surface area (Å²) < 4.78 is 0. The Morgan fingerprint density at radius 3 is 2.29 bits per heavy atom. The molecule has 5 heteroatoms. The van der Waals surface area contributed by atoms with Gasteiger partial charge in [0.2, 0.25) is 0 Å². The molecule has 0 spiro atoms. The van der Waals surface area contributed by atoms with Gasteiger partial charge in [-0.3, -0.25) is 0 Å². The number of rotatable bonds is 2. The summed E-state index contributed by atoms with van der Waals surface area (Å²) in [5.41, 5.74) is 1.85. The lowest BCUT2D eigenvalue weighted by Crippen LogP contribution is -2.46. The molecule has 2 heterocycles. The number of anilines is 2. The topological polar surface area (TPSA) is 43.2 Å². The van der Waals surface area contributed by atoms with Crippen molar-refractivity contribution in [1.82, 2.24) is 4.98 Å². The lowest BCUT2D eigenvalue weighted by molar-refractivity contribution is 0.647. The van der Waals surface area contributed by atoms with Crippen LogP contribution in [0, 0.1) is 11.3 Å². The van der Waals surface area contributed by atoms with E-state index in [2.05, 4.69) is 20.9 Å². The second-order valence-electron chi connectivity index (χ2n) is 4.94. The number of nitrogens with zero attached hydrogens (tertiary/aromatic N) is 4. The monoisotopic (exact) mass is 298 g/mol. The first kappa shape index (κ1) is 13.7. The highest BCUT2D eigenvalue weighted by Crippen LogP contribution is 2.25. The van der Waals surface area contributed by atoms with Crippen molar-refractivity contribution in [2.45, 2.75) is 0 Å². The normalized spacial score (nSPS) is 14.9. The van der Waals surface area contributed by atoms with E-state index in [4.69, 9.17) is 16.9 Å². The zero-order valence-electron chi connectivity index (χ0n) is 11.5. The van der Waals surface area contributed by atoms with Gasteiger partial charge in [-0.25, -0.2) is 4.98 Å². The van der Waals surface area contributed by atoms with Gasteiger partial charge in [-0.05, 0) is 36.4 Å². The lowest BCUT2D eigenvalue weighted by atomic mass is 10.2. The molecule has 1 aromatic carbocycles. The van der Waals surface area contributed by atoms with Crippen molar-refractivity contribution in [3.8, 4) is 6.07 Å². The molecule has 1 aliphatic heterocycles. The second-order valence-corrected chi connectivity index (χ2v) is 5.35. The minimum Gasteiger partial charge on any atom is -0.368 e. The Bertz CT molecular complexity index is 655. The van der Waals surface area contributed by atoms with Gasteiger partial charge in [0.1, 0.15) is 5.82 Å². The van der Waals surface area contributed by atoms with Gasteiger partial charge >= 0.3 is 0 Å². The Morgan fingerprint density at radius 1 is 1.00 bits per heavy atom. The van der Waals surface area contributed by atoms with E-state index in [-0.39, 0.29) is 0 Å². The number of benzene rings is 1. The first-order valence-electron chi connectivity index (χ1n) is 6.88. The first-order chi connectivity index (χ1) is 10.3. The molecule has 4 nitrogen and oxygen atoms in total. The molecule has 1 fully saturated rings. The molecule has 106 valence electrons. The summed E-state index contributed by atoms with van der Waals surface area (Å²) in [6, 6.07) is 13.6. The molecule has 0 N–H and O–H groups in total. The summed E-state index contributed by atoms with van der Waals surface area (Å²) in [4.78, 5) is 8.89. The van der Waals surface area contributed by atoms with Crippen LogP contribution in [0.5, 0.6) is 0 Å². The zero-order valence-corrected chi connectivity index (χ0v) is 12.3. The smallest absolute Gasteiger partial charge is 0.147 e. The molecule has 0 aliphatic carbocycles. The fourth-order valence-corrected chi connectivity index (χ4v) is 2.77. The van der Waals surface area contributed by atoms with Crippen LogP contribution in [-0.2, 0) is 0 Å². The summed E-state index contributed by atoms with van der Waals surface area (Å²) in [5, 5.41) is 9.53. The summed E-state index contributed by atoms with van der Waals surface area (Å²) in [5.74, 6) is 0.860. The first-order valence-corrected chi connectivity index (χ1v) is 7.26. The van der Waals surface area contributed by atoms with Gasteiger partial charge in [0.25, 0.3) is 0 Å². The summed E-state index contributed by atoms with van der Waals surface area (Å²) in [6.07, 6.45) is 1.77. The predicted octanol–water partition coefficient (Wildman–Crippen LogP) is 2.93. The van der Waals surface area contributed by atoms with E-state index in [0.29, 0.717) is 10.6 Å². The van der Waals surface area contributed by atoms with Crippen LogP contribution in [0.2, 0.25) is 5.02 Å². The molecule has 21 heavy (non-hydrogen) atoms. The van der Waals surface area contributed by atoms with Gasteiger partial charge in [0.05, 0.1) is 16.7 Å². The van der Waals surface area contributed by atoms with Crippen molar-refractivity contribution >= 4 is 23.1 Å². The van der Waals surface area contributed by atoms with E-state index >= 15 is 0 Å². The van der Waals surface area contributed by atoms with Gasteiger partial charge in [-0.1, -0.05) is 11.6 Å². The average molecular weight is 299 g/mol. The Hall–Kier alpha value is -2.25. The number of hydrogen-bond donors (Lipinski definition) is 0. The highest BCUT2D eigenvalue weighted by atomic mass is 35.5. The maximum absolute atomic E-state index is 8.84. The molecule has 2 aromatic rings. The molecule has 0 radical (unpaired) electrons. The third-order valence-electron chi connectivity index (χ3n) is 3.68. The van der Waals surface area contributed by atoms with E-state index in [9.17, 15) is 0 Å². The van der Waals surface area contributed by atoms with Crippen molar-refractivity contribution < 1.29 is 0 Å². The van der Waals surface area contributed by atoms with Gasteiger partial charge in [-0.15, -0.1) is 0 Å². The third kappa shape index (κ3) is 2.93. The summed E-state index contributed by atoms with van der Waals surface area (Å²) in [7, 11) is 0. The number of nitriles is 1. The van der Waals surface area contributed by atoms with Crippen LogP contribution in [0.3, 0.4) is 0 Å². The van der Waals surface area contributed by atoms with Crippen LogP contribution >= 0.6 is 11.6 Å². The highest BCUT2D eigenvalue weighted by Gasteiger charge is 2.19. The number of aromatic nitrogens is 1. The van der Waals surface area contributed by atoms with E-state index in [1.165, 1.54) is 0 Å². The Morgan fingerprint density at radius 2 is 1.67 bits per heavy atom.